The molecule has 0 spiro atoms. The lowest BCUT2D eigenvalue weighted by Crippen LogP contribution is -2.56. The summed E-state index contributed by atoms with van der Waals surface area (Å²) in [5.41, 5.74) is 0. The number of sulfone groups is 1. The summed E-state index contributed by atoms with van der Waals surface area (Å²) in [6.07, 6.45) is 8.17. The average Bonchev–Trinajstić information content (AvgIpc) is 2.33. The van der Waals surface area contributed by atoms with Gasteiger partial charge in [-0.15, -0.1) is 0 Å². The van der Waals surface area contributed by atoms with E-state index in [1.54, 1.807) is 0 Å². The van der Waals surface area contributed by atoms with Crippen LogP contribution >= 0.6 is 0 Å². The predicted octanol–water partition coefficient (Wildman–Crippen LogP) is 1.17. The Labute approximate surface area is 116 Å². The molecule has 0 saturated carbocycles. The third-order valence-corrected chi connectivity index (χ3v) is 7.08. The van der Waals surface area contributed by atoms with Crippen LogP contribution in [0.3, 0.4) is 0 Å². The second-order valence-corrected chi connectivity index (χ2v) is 8.97. The first-order chi connectivity index (χ1) is 9.03. The van der Waals surface area contributed by atoms with E-state index in [-0.39, 0.29) is 0 Å². The SMILES string of the molecule is CN1C2CCCC1CC(NC1CCS(=O)(=O)CC1)C2. The summed E-state index contributed by atoms with van der Waals surface area (Å²) in [4.78, 5) is 2.58. The summed E-state index contributed by atoms with van der Waals surface area (Å²) in [6.45, 7) is 0. The molecule has 0 aliphatic carbocycles. The second-order valence-electron chi connectivity index (χ2n) is 6.67. The van der Waals surface area contributed by atoms with Gasteiger partial charge in [-0.1, -0.05) is 6.42 Å². The number of nitrogens with one attached hydrogen (secondary N) is 1. The van der Waals surface area contributed by atoms with Gasteiger partial charge in [-0.05, 0) is 45.6 Å². The Morgan fingerprint density at radius 1 is 0.947 bits per heavy atom. The molecule has 4 nitrogen and oxygen atoms in total. The highest BCUT2D eigenvalue weighted by Gasteiger charge is 2.37. The van der Waals surface area contributed by atoms with Crippen molar-refractivity contribution in [3.8, 4) is 0 Å². The molecule has 0 aromatic carbocycles. The van der Waals surface area contributed by atoms with E-state index in [9.17, 15) is 8.42 Å². The van der Waals surface area contributed by atoms with Crippen LogP contribution in [0.2, 0.25) is 0 Å². The Hall–Kier alpha value is -0.130. The van der Waals surface area contributed by atoms with Crippen LogP contribution in [-0.2, 0) is 9.84 Å². The summed E-state index contributed by atoms with van der Waals surface area (Å²) < 4.78 is 22.9. The van der Waals surface area contributed by atoms with Gasteiger partial charge in [-0.25, -0.2) is 8.42 Å². The fraction of sp³-hybridized carbons (Fsp3) is 1.00. The summed E-state index contributed by atoms with van der Waals surface area (Å²) in [6, 6.07) is 2.53. The first kappa shape index (κ1) is 13.8. The lowest BCUT2D eigenvalue weighted by Gasteiger charge is -2.48. The quantitative estimate of drug-likeness (QED) is 0.828. The fourth-order valence-corrected chi connectivity index (χ4v) is 5.63. The van der Waals surface area contributed by atoms with Crippen LogP contribution in [-0.4, -0.2) is 56.0 Å². The monoisotopic (exact) mass is 286 g/mol. The molecule has 3 rings (SSSR count). The third-order valence-electron chi connectivity index (χ3n) is 5.37. The maximum absolute atomic E-state index is 11.5. The summed E-state index contributed by atoms with van der Waals surface area (Å²) in [5.74, 6) is 0.758. The minimum absolute atomic E-state index is 0.379. The molecule has 110 valence electrons. The van der Waals surface area contributed by atoms with Crippen LogP contribution in [0.15, 0.2) is 0 Å². The van der Waals surface area contributed by atoms with Crippen molar-refractivity contribution in [2.24, 2.45) is 0 Å². The van der Waals surface area contributed by atoms with E-state index in [0.29, 0.717) is 23.6 Å². The second kappa shape index (κ2) is 5.34. The van der Waals surface area contributed by atoms with E-state index >= 15 is 0 Å². The highest BCUT2D eigenvalue weighted by Crippen LogP contribution is 2.33. The molecule has 5 heteroatoms. The molecule has 2 unspecified atom stereocenters. The van der Waals surface area contributed by atoms with Gasteiger partial charge in [0.05, 0.1) is 11.5 Å². The van der Waals surface area contributed by atoms with Crippen LogP contribution in [0.25, 0.3) is 0 Å². The third kappa shape index (κ3) is 3.14. The fourth-order valence-electron chi connectivity index (χ4n) is 4.14. The number of hydrogen-bond acceptors (Lipinski definition) is 4. The maximum atomic E-state index is 11.5. The molecular weight excluding hydrogens is 260 g/mol. The molecule has 3 aliphatic heterocycles. The number of nitrogens with zero attached hydrogens (tertiary/aromatic N) is 1. The van der Waals surface area contributed by atoms with E-state index in [1.165, 1.54) is 32.1 Å². The van der Waals surface area contributed by atoms with Gasteiger partial charge < -0.3 is 10.2 Å². The van der Waals surface area contributed by atoms with Gasteiger partial charge >= 0.3 is 0 Å². The Kier molecular flexibility index (Phi) is 3.89. The van der Waals surface area contributed by atoms with E-state index < -0.39 is 9.84 Å². The van der Waals surface area contributed by atoms with Crippen molar-refractivity contribution < 1.29 is 8.42 Å². The van der Waals surface area contributed by atoms with Gasteiger partial charge in [-0.2, -0.15) is 0 Å². The van der Waals surface area contributed by atoms with E-state index in [0.717, 1.165) is 24.9 Å². The van der Waals surface area contributed by atoms with Gasteiger partial charge in [0, 0.05) is 24.2 Å². The molecule has 0 radical (unpaired) electrons. The minimum atomic E-state index is -2.73. The van der Waals surface area contributed by atoms with Crippen molar-refractivity contribution in [1.29, 1.82) is 0 Å². The van der Waals surface area contributed by atoms with Crippen molar-refractivity contribution >= 4 is 9.84 Å². The highest BCUT2D eigenvalue weighted by molar-refractivity contribution is 7.91. The topological polar surface area (TPSA) is 49.4 Å². The van der Waals surface area contributed by atoms with E-state index in [4.69, 9.17) is 0 Å². The molecular formula is C14H26N2O2S. The Bertz CT molecular complexity index is 395. The van der Waals surface area contributed by atoms with Crippen molar-refractivity contribution in [2.45, 2.75) is 69.1 Å². The summed E-state index contributed by atoms with van der Waals surface area (Å²) in [7, 11) is -0.453. The predicted molar refractivity (Wildman–Crippen MR) is 77.0 cm³/mol. The van der Waals surface area contributed by atoms with Gasteiger partial charge in [-0.3, -0.25) is 0 Å². The largest absolute Gasteiger partial charge is 0.311 e. The number of hydrogen-bond donors (Lipinski definition) is 1. The van der Waals surface area contributed by atoms with Crippen molar-refractivity contribution in [3.63, 3.8) is 0 Å². The highest BCUT2D eigenvalue weighted by atomic mass is 32.2. The number of fused-ring (bicyclic) bond motifs is 2. The zero-order valence-corrected chi connectivity index (χ0v) is 12.7. The summed E-state index contributed by atoms with van der Waals surface area (Å²) >= 11 is 0. The van der Waals surface area contributed by atoms with Crippen LogP contribution in [0.4, 0.5) is 0 Å². The van der Waals surface area contributed by atoms with Crippen molar-refractivity contribution in [1.82, 2.24) is 10.2 Å². The van der Waals surface area contributed by atoms with E-state index in [2.05, 4.69) is 17.3 Å². The molecule has 0 amide bonds. The maximum Gasteiger partial charge on any atom is 0.150 e. The molecule has 2 bridgehead atoms. The normalized spacial score (nSPS) is 40.2. The van der Waals surface area contributed by atoms with Gasteiger partial charge in [0.25, 0.3) is 0 Å². The molecule has 0 aromatic heterocycles. The van der Waals surface area contributed by atoms with Gasteiger partial charge in [0.2, 0.25) is 0 Å². The smallest absolute Gasteiger partial charge is 0.150 e. The van der Waals surface area contributed by atoms with E-state index in [1.807, 2.05) is 0 Å². The molecule has 1 N–H and O–H groups in total. The average molecular weight is 286 g/mol. The Morgan fingerprint density at radius 2 is 1.53 bits per heavy atom. The zero-order valence-electron chi connectivity index (χ0n) is 11.8. The van der Waals surface area contributed by atoms with Gasteiger partial charge in [0.1, 0.15) is 9.84 Å². The van der Waals surface area contributed by atoms with Crippen molar-refractivity contribution in [2.75, 3.05) is 18.6 Å². The lowest BCUT2D eigenvalue weighted by atomic mass is 9.82. The number of rotatable bonds is 2. The first-order valence-corrected chi connectivity index (χ1v) is 9.54. The molecule has 3 aliphatic rings. The van der Waals surface area contributed by atoms with Crippen molar-refractivity contribution in [3.05, 3.63) is 0 Å². The minimum Gasteiger partial charge on any atom is -0.311 e. The molecule has 2 atom stereocenters. The summed E-state index contributed by atoms with van der Waals surface area (Å²) in [5, 5.41) is 3.75. The molecule has 3 heterocycles. The standard InChI is InChI=1S/C14H26N2O2S/c1-16-13-3-2-4-14(16)10-12(9-13)15-11-5-7-19(17,18)8-6-11/h11-15H,2-10H2,1H3. The number of piperidine rings is 2. The first-order valence-electron chi connectivity index (χ1n) is 7.72. The van der Waals surface area contributed by atoms with Gasteiger partial charge in [0.15, 0.2) is 0 Å². The molecule has 3 saturated heterocycles. The molecule has 19 heavy (non-hydrogen) atoms. The Morgan fingerprint density at radius 3 is 2.11 bits per heavy atom. The van der Waals surface area contributed by atoms with Crippen LogP contribution in [0.5, 0.6) is 0 Å². The molecule has 0 aromatic rings. The van der Waals surface area contributed by atoms with Crippen LogP contribution < -0.4 is 5.32 Å². The van der Waals surface area contributed by atoms with Crippen LogP contribution in [0.1, 0.15) is 44.9 Å². The zero-order chi connectivity index (χ0) is 13.5. The molecule has 3 fully saturated rings. The lowest BCUT2D eigenvalue weighted by molar-refractivity contribution is 0.0454. The van der Waals surface area contributed by atoms with Crippen LogP contribution in [0, 0.1) is 0 Å². The Balaban J connectivity index is 1.54.